The van der Waals surface area contributed by atoms with Crippen LogP contribution in [0, 0.1) is 6.92 Å². The number of amides is 1. The fraction of sp³-hybridized carbons (Fsp3) is 0.417. The summed E-state index contributed by atoms with van der Waals surface area (Å²) in [6.45, 7) is 4.85. The quantitative estimate of drug-likeness (QED) is 0.683. The third-order valence-electron chi connectivity index (χ3n) is 2.61. The topological polar surface area (TPSA) is 115 Å². The fourth-order valence-electron chi connectivity index (χ4n) is 1.85. The molecule has 1 amide bonds. The second-order valence-electron chi connectivity index (χ2n) is 5.27. The average molecular weight is 364 g/mol. The zero-order valence-electron chi connectivity index (χ0n) is 11.5. The normalized spacial score (nSPS) is 12.4. The molecule has 0 saturated heterocycles. The lowest BCUT2D eigenvalue weighted by Gasteiger charge is -2.25. The number of primary amides is 1. The zero-order chi connectivity index (χ0) is 15.7. The Morgan fingerprint density at radius 3 is 2.45 bits per heavy atom. The van der Waals surface area contributed by atoms with Gasteiger partial charge in [-0.1, -0.05) is 0 Å². The highest BCUT2D eigenvalue weighted by molar-refractivity contribution is 9.10. The van der Waals surface area contributed by atoms with E-state index in [-0.39, 0.29) is 11.3 Å². The lowest BCUT2D eigenvalue weighted by Crippen LogP contribution is -2.46. The van der Waals surface area contributed by atoms with Crippen molar-refractivity contribution < 1.29 is 13.2 Å². The van der Waals surface area contributed by atoms with E-state index in [4.69, 9.17) is 11.5 Å². The molecule has 1 aromatic rings. The number of sulfonamides is 1. The van der Waals surface area contributed by atoms with Gasteiger partial charge in [-0.2, -0.15) is 0 Å². The molecule has 0 spiro atoms. The van der Waals surface area contributed by atoms with Crippen molar-refractivity contribution in [3.63, 3.8) is 0 Å². The highest BCUT2D eigenvalue weighted by atomic mass is 79.9. The number of hydrogen-bond donors (Lipinski definition) is 3. The number of aryl methyl sites for hydroxylation is 1. The maximum absolute atomic E-state index is 12.4. The third-order valence-corrected chi connectivity index (χ3v) is 5.14. The van der Waals surface area contributed by atoms with E-state index >= 15 is 0 Å². The van der Waals surface area contributed by atoms with Crippen LogP contribution >= 0.6 is 15.9 Å². The molecule has 1 rings (SSSR count). The Bertz CT molecular complexity index is 642. The lowest BCUT2D eigenvalue weighted by atomic mass is 10.0. The van der Waals surface area contributed by atoms with Gasteiger partial charge in [-0.15, -0.1) is 0 Å². The number of halogens is 1. The van der Waals surface area contributed by atoms with Gasteiger partial charge in [0.25, 0.3) is 0 Å². The molecule has 0 aliphatic carbocycles. The molecule has 0 saturated carbocycles. The smallest absolute Gasteiger partial charge is 0.241 e. The number of nitrogen functional groups attached to an aromatic ring is 1. The molecule has 0 unspecified atom stereocenters. The number of carbonyl (C=O) groups excluding carboxylic acids is 1. The van der Waals surface area contributed by atoms with Crippen molar-refractivity contribution in [2.75, 3.05) is 5.73 Å². The summed E-state index contributed by atoms with van der Waals surface area (Å²) in [5, 5.41) is 0. The van der Waals surface area contributed by atoms with Gasteiger partial charge in [-0.25, -0.2) is 13.1 Å². The molecule has 0 aliphatic rings. The van der Waals surface area contributed by atoms with Gasteiger partial charge in [0.05, 0.1) is 4.90 Å². The van der Waals surface area contributed by atoms with Crippen molar-refractivity contribution in [1.29, 1.82) is 0 Å². The second kappa shape index (κ2) is 5.71. The van der Waals surface area contributed by atoms with Crippen molar-refractivity contribution in [3.05, 3.63) is 22.2 Å². The number of carbonyl (C=O) groups is 1. The van der Waals surface area contributed by atoms with E-state index in [1.54, 1.807) is 26.8 Å². The van der Waals surface area contributed by atoms with Gasteiger partial charge in [0.1, 0.15) is 0 Å². The molecule has 5 N–H and O–H groups in total. The average Bonchev–Trinajstić information content (AvgIpc) is 2.19. The van der Waals surface area contributed by atoms with E-state index < -0.39 is 21.5 Å². The molecule has 0 fully saturated rings. The summed E-state index contributed by atoms with van der Waals surface area (Å²) in [7, 11) is -3.79. The van der Waals surface area contributed by atoms with Crippen LogP contribution in [0.25, 0.3) is 0 Å². The Morgan fingerprint density at radius 2 is 1.95 bits per heavy atom. The third kappa shape index (κ3) is 4.19. The minimum Gasteiger partial charge on any atom is -0.398 e. The zero-order valence-corrected chi connectivity index (χ0v) is 13.9. The molecular weight excluding hydrogens is 346 g/mol. The number of anilines is 1. The number of nitrogens with one attached hydrogen (secondary N) is 1. The minimum absolute atomic E-state index is 0.0794. The molecule has 1 aromatic carbocycles. The van der Waals surface area contributed by atoms with Gasteiger partial charge in [0, 0.05) is 22.1 Å². The van der Waals surface area contributed by atoms with Crippen LogP contribution in [0.3, 0.4) is 0 Å². The molecule has 8 heteroatoms. The Labute approximate surface area is 127 Å². The van der Waals surface area contributed by atoms with Gasteiger partial charge in [0.15, 0.2) is 0 Å². The molecular formula is C12H18BrN3O3S. The highest BCUT2D eigenvalue weighted by Gasteiger charge is 2.29. The standard InChI is InChI=1S/C12H18BrN3O3S/c1-7-4-8(13)9(14)5-10(7)20(18,19)16-12(2,3)6-11(15)17/h4-5,16H,6,14H2,1-3H3,(H2,15,17). The highest BCUT2D eigenvalue weighted by Crippen LogP contribution is 2.27. The predicted molar refractivity (Wildman–Crippen MR) is 81.5 cm³/mol. The SMILES string of the molecule is Cc1cc(Br)c(N)cc1S(=O)(=O)NC(C)(C)CC(N)=O. The molecule has 112 valence electrons. The summed E-state index contributed by atoms with van der Waals surface area (Å²) in [6, 6.07) is 3.01. The molecule has 0 aromatic heterocycles. The molecule has 0 heterocycles. The first-order chi connectivity index (χ1) is 8.94. The van der Waals surface area contributed by atoms with E-state index in [1.807, 2.05) is 0 Å². The van der Waals surface area contributed by atoms with Crippen LogP contribution in [0.2, 0.25) is 0 Å². The van der Waals surface area contributed by atoms with Crippen LogP contribution in [0.15, 0.2) is 21.5 Å². The first kappa shape index (κ1) is 16.9. The van der Waals surface area contributed by atoms with Crippen LogP contribution < -0.4 is 16.2 Å². The number of benzene rings is 1. The number of hydrogen-bond acceptors (Lipinski definition) is 4. The Kier molecular flexibility index (Phi) is 4.83. The van der Waals surface area contributed by atoms with Crippen LogP contribution in [0.4, 0.5) is 5.69 Å². The van der Waals surface area contributed by atoms with Crippen LogP contribution in [0.1, 0.15) is 25.8 Å². The van der Waals surface area contributed by atoms with Crippen molar-refractivity contribution in [2.45, 2.75) is 37.6 Å². The maximum atomic E-state index is 12.4. The van der Waals surface area contributed by atoms with E-state index in [1.165, 1.54) is 6.07 Å². The summed E-state index contributed by atoms with van der Waals surface area (Å²) in [6.07, 6.45) is -0.0999. The first-order valence-corrected chi connectivity index (χ1v) is 8.10. The summed E-state index contributed by atoms with van der Waals surface area (Å²) >= 11 is 3.24. The van der Waals surface area contributed by atoms with Crippen molar-refractivity contribution >= 4 is 37.5 Å². The summed E-state index contributed by atoms with van der Waals surface area (Å²) in [5.41, 5.74) is 10.7. The molecule has 0 atom stereocenters. The molecule has 0 aliphatic heterocycles. The number of nitrogens with two attached hydrogens (primary N) is 2. The Balaban J connectivity index is 3.18. The summed E-state index contributed by atoms with van der Waals surface area (Å²) in [4.78, 5) is 11.0. The Morgan fingerprint density at radius 1 is 1.40 bits per heavy atom. The van der Waals surface area contributed by atoms with Crippen LogP contribution in [-0.4, -0.2) is 19.9 Å². The monoisotopic (exact) mass is 363 g/mol. The van der Waals surface area contributed by atoms with E-state index in [0.717, 1.165) is 0 Å². The second-order valence-corrected chi connectivity index (χ2v) is 7.78. The van der Waals surface area contributed by atoms with Crippen molar-refractivity contribution in [1.82, 2.24) is 4.72 Å². The van der Waals surface area contributed by atoms with Gasteiger partial charge in [0.2, 0.25) is 15.9 Å². The van der Waals surface area contributed by atoms with Gasteiger partial charge in [-0.3, -0.25) is 4.79 Å². The fourth-order valence-corrected chi connectivity index (χ4v) is 3.98. The molecule has 0 radical (unpaired) electrons. The van der Waals surface area contributed by atoms with Crippen molar-refractivity contribution in [3.8, 4) is 0 Å². The predicted octanol–water partition coefficient (Wildman–Crippen LogP) is 1.27. The van der Waals surface area contributed by atoms with Crippen LogP contribution in [-0.2, 0) is 14.8 Å². The molecule has 0 bridgehead atoms. The lowest BCUT2D eigenvalue weighted by molar-refractivity contribution is -0.119. The van der Waals surface area contributed by atoms with E-state index in [0.29, 0.717) is 15.7 Å². The summed E-state index contributed by atoms with van der Waals surface area (Å²) < 4.78 is 27.9. The number of rotatable bonds is 5. The van der Waals surface area contributed by atoms with Gasteiger partial charge in [-0.05, 0) is 54.4 Å². The maximum Gasteiger partial charge on any atom is 0.241 e. The van der Waals surface area contributed by atoms with Crippen LogP contribution in [0.5, 0.6) is 0 Å². The van der Waals surface area contributed by atoms with E-state index in [9.17, 15) is 13.2 Å². The first-order valence-electron chi connectivity index (χ1n) is 5.82. The molecule has 6 nitrogen and oxygen atoms in total. The minimum atomic E-state index is -3.79. The van der Waals surface area contributed by atoms with Gasteiger partial charge >= 0.3 is 0 Å². The Hall–Kier alpha value is -1.12. The summed E-state index contributed by atoms with van der Waals surface area (Å²) in [5.74, 6) is -0.579. The largest absolute Gasteiger partial charge is 0.398 e. The van der Waals surface area contributed by atoms with Gasteiger partial charge < -0.3 is 11.5 Å². The molecule has 20 heavy (non-hydrogen) atoms. The van der Waals surface area contributed by atoms with E-state index in [2.05, 4.69) is 20.7 Å². The van der Waals surface area contributed by atoms with Crippen molar-refractivity contribution in [2.24, 2.45) is 5.73 Å².